The van der Waals surface area contributed by atoms with Crippen LogP contribution >= 0.6 is 0 Å². The number of amides is 1. The topological polar surface area (TPSA) is 68.0 Å². The maximum atomic E-state index is 12.0. The standard InChI is InChI=1S/C13H19N3O/c1-9-4-2-3-5-12(9)16-13(17)10-6-11(14)8-15-7-10/h6-9,12H,2-5,14H2,1H3,(H,16,17). The second-order valence-corrected chi connectivity index (χ2v) is 4.85. The summed E-state index contributed by atoms with van der Waals surface area (Å²) in [5, 5.41) is 3.08. The zero-order chi connectivity index (χ0) is 12.3. The maximum Gasteiger partial charge on any atom is 0.253 e. The number of nitrogens with one attached hydrogen (secondary N) is 1. The van der Waals surface area contributed by atoms with Gasteiger partial charge in [-0.05, 0) is 24.8 Å². The molecular formula is C13H19N3O. The molecule has 0 spiro atoms. The third-order valence-corrected chi connectivity index (χ3v) is 3.45. The van der Waals surface area contributed by atoms with E-state index in [1.165, 1.54) is 19.3 Å². The van der Waals surface area contributed by atoms with Crippen LogP contribution < -0.4 is 11.1 Å². The number of nitrogens with two attached hydrogens (primary N) is 1. The molecule has 2 rings (SSSR count). The highest BCUT2D eigenvalue weighted by molar-refractivity contribution is 5.94. The van der Waals surface area contributed by atoms with Gasteiger partial charge in [0.15, 0.2) is 0 Å². The highest BCUT2D eigenvalue weighted by Gasteiger charge is 2.23. The number of nitrogen functional groups attached to an aromatic ring is 1. The summed E-state index contributed by atoms with van der Waals surface area (Å²) in [5.74, 6) is 0.491. The van der Waals surface area contributed by atoms with Gasteiger partial charge in [-0.25, -0.2) is 0 Å². The number of carbonyl (C=O) groups is 1. The number of aromatic nitrogens is 1. The molecule has 1 fully saturated rings. The highest BCUT2D eigenvalue weighted by Crippen LogP contribution is 2.24. The monoisotopic (exact) mass is 233 g/mol. The van der Waals surface area contributed by atoms with Gasteiger partial charge >= 0.3 is 0 Å². The number of hydrogen-bond donors (Lipinski definition) is 2. The van der Waals surface area contributed by atoms with E-state index in [-0.39, 0.29) is 11.9 Å². The first kappa shape index (κ1) is 11.9. The van der Waals surface area contributed by atoms with E-state index in [2.05, 4.69) is 17.2 Å². The van der Waals surface area contributed by atoms with Crippen LogP contribution in [-0.2, 0) is 0 Å². The van der Waals surface area contributed by atoms with Gasteiger partial charge in [0.05, 0.1) is 11.3 Å². The number of nitrogens with zero attached hydrogens (tertiary/aromatic N) is 1. The minimum absolute atomic E-state index is 0.0662. The Morgan fingerprint density at radius 2 is 2.18 bits per heavy atom. The molecule has 1 amide bonds. The number of hydrogen-bond acceptors (Lipinski definition) is 3. The second kappa shape index (κ2) is 5.17. The second-order valence-electron chi connectivity index (χ2n) is 4.85. The average Bonchev–Trinajstić information content (AvgIpc) is 2.32. The predicted octanol–water partition coefficient (Wildman–Crippen LogP) is 1.97. The lowest BCUT2D eigenvalue weighted by atomic mass is 9.86. The Hall–Kier alpha value is -1.58. The van der Waals surface area contributed by atoms with E-state index in [0.717, 1.165) is 6.42 Å². The van der Waals surface area contributed by atoms with Crippen molar-refractivity contribution in [2.45, 2.75) is 38.6 Å². The third kappa shape index (κ3) is 2.96. The molecule has 92 valence electrons. The molecule has 1 saturated carbocycles. The highest BCUT2D eigenvalue weighted by atomic mass is 16.1. The molecule has 1 heterocycles. The molecule has 17 heavy (non-hydrogen) atoms. The van der Waals surface area contributed by atoms with Gasteiger partial charge in [-0.3, -0.25) is 9.78 Å². The molecule has 0 saturated heterocycles. The summed E-state index contributed by atoms with van der Waals surface area (Å²) in [5.41, 5.74) is 6.68. The van der Waals surface area contributed by atoms with E-state index in [4.69, 9.17) is 5.73 Å². The Bertz CT molecular complexity index is 405. The predicted molar refractivity (Wildman–Crippen MR) is 67.5 cm³/mol. The van der Waals surface area contributed by atoms with Gasteiger partial charge in [0.1, 0.15) is 0 Å². The van der Waals surface area contributed by atoms with Crippen molar-refractivity contribution in [2.24, 2.45) is 5.92 Å². The molecule has 1 aliphatic carbocycles. The van der Waals surface area contributed by atoms with Crippen molar-refractivity contribution >= 4 is 11.6 Å². The summed E-state index contributed by atoms with van der Waals surface area (Å²) in [6, 6.07) is 1.95. The smallest absolute Gasteiger partial charge is 0.253 e. The van der Waals surface area contributed by atoms with Crippen molar-refractivity contribution in [2.75, 3.05) is 5.73 Å². The van der Waals surface area contributed by atoms with Gasteiger partial charge in [0, 0.05) is 18.4 Å². The van der Waals surface area contributed by atoms with Gasteiger partial charge in [-0.1, -0.05) is 19.8 Å². The van der Waals surface area contributed by atoms with Crippen LogP contribution in [0.1, 0.15) is 43.0 Å². The van der Waals surface area contributed by atoms with Crippen molar-refractivity contribution in [3.63, 3.8) is 0 Å². The Labute approximate surface area is 102 Å². The molecule has 3 N–H and O–H groups in total. The van der Waals surface area contributed by atoms with E-state index in [1.54, 1.807) is 18.5 Å². The molecule has 2 atom stereocenters. The Balaban J connectivity index is 2.01. The molecule has 0 bridgehead atoms. The van der Waals surface area contributed by atoms with Gasteiger partial charge < -0.3 is 11.1 Å². The van der Waals surface area contributed by atoms with Crippen molar-refractivity contribution in [3.8, 4) is 0 Å². The van der Waals surface area contributed by atoms with Crippen LogP contribution in [0.15, 0.2) is 18.5 Å². The Kier molecular flexibility index (Phi) is 3.61. The summed E-state index contributed by atoms with van der Waals surface area (Å²) in [6.07, 6.45) is 7.83. The van der Waals surface area contributed by atoms with Gasteiger partial charge in [0.2, 0.25) is 0 Å². The van der Waals surface area contributed by atoms with Crippen LogP contribution in [0.5, 0.6) is 0 Å². The van der Waals surface area contributed by atoms with Gasteiger partial charge in [-0.2, -0.15) is 0 Å². The molecule has 4 nitrogen and oxygen atoms in total. The first-order valence-corrected chi connectivity index (χ1v) is 6.18. The quantitative estimate of drug-likeness (QED) is 0.820. The van der Waals surface area contributed by atoms with Crippen molar-refractivity contribution < 1.29 is 4.79 Å². The van der Waals surface area contributed by atoms with E-state index < -0.39 is 0 Å². The van der Waals surface area contributed by atoms with E-state index >= 15 is 0 Å². The molecular weight excluding hydrogens is 214 g/mol. The van der Waals surface area contributed by atoms with Crippen LogP contribution in [0.2, 0.25) is 0 Å². The number of carbonyl (C=O) groups excluding carboxylic acids is 1. The average molecular weight is 233 g/mol. The largest absolute Gasteiger partial charge is 0.397 e. The molecule has 1 aromatic rings. The summed E-state index contributed by atoms with van der Waals surface area (Å²) in [7, 11) is 0. The SMILES string of the molecule is CC1CCCCC1NC(=O)c1cncc(N)c1. The Morgan fingerprint density at radius 3 is 2.88 bits per heavy atom. The fourth-order valence-corrected chi connectivity index (χ4v) is 2.36. The molecule has 0 radical (unpaired) electrons. The number of rotatable bonds is 2. The fraction of sp³-hybridized carbons (Fsp3) is 0.538. The summed E-state index contributed by atoms with van der Waals surface area (Å²) in [4.78, 5) is 15.9. The van der Waals surface area contributed by atoms with Gasteiger partial charge in [0.25, 0.3) is 5.91 Å². The first-order chi connectivity index (χ1) is 8.16. The van der Waals surface area contributed by atoms with Gasteiger partial charge in [-0.15, -0.1) is 0 Å². The zero-order valence-corrected chi connectivity index (χ0v) is 10.1. The molecule has 0 aromatic carbocycles. The zero-order valence-electron chi connectivity index (χ0n) is 10.1. The molecule has 4 heteroatoms. The minimum Gasteiger partial charge on any atom is -0.397 e. The molecule has 1 aliphatic rings. The van der Waals surface area contributed by atoms with E-state index in [0.29, 0.717) is 17.2 Å². The van der Waals surface area contributed by atoms with Crippen molar-refractivity contribution in [1.82, 2.24) is 10.3 Å². The van der Waals surface area contributed by atoms with E-state index in [1.807, 2.05) is 0 Å². The maximum absolute atomic E-state index is 12.0. The summed E-state index contributed by atoms with van der Waals surface area (Å²) >= 11 is 0. The van der Waals surface area contributed by atoms with Crippen LogP contribution in [0.4, 0.5) is 5.69 Å². The van der Waals surface area contributed by atoms with Crippen LogP contribution in [0.3, 0.4) is 0 Å². The Morgan fingerprint density at radius 1 is 1.41 bits per heavy atom. The number of anilines is 1. The lowest BCUT2D eigenvalue weighted by Crippen LogP contribution is -2.41. The van der Waals surface area contributed by atoms with Crippen molar-refractivity contribution in [1.29, 1.82) is 0 Å². The normalized spacial score (nSPS) is 24.3. The van der Waals surface area contributed by atoms with Crippen LogP contribution in [-0.4, -0.2) is 16.9 Å². The first-order valence-electron chi connectivity index (χ1n) is 6.18. The summed E-state index contributed by atoms with van der Waals surface area (Å²) < 4.78 is 0. The lowest BCUT2D eigenvalue weighted by molar-refractivity contribution is 0.0910. The summed E-state index contributed by atoms with van der Waals surface area (Å²) in [6.45, 7) is 2.20. The van der Waals surface area contributed by atoms with E-state index in [9.17, 15) is 4.79 Å². The molecule has 1 aromatic heterocycles. The lowest BCUT2D eigenvalue weighted by Gasteiger charge is -2.29. The molecule has 2 unspecified atom stereocenters. The fourth-order valence-electron chi connectivity index (χ4n) is 2.36. The molecule has 0 aliphatic heterocycles. The minimum atomic E-state index is -0.0662. The number of pyridine rings is 1. The van der Waals surface area contributed by atoms with Crippen LogP contribution in [0.25, 0.3) is 0 Å². The van der Waals surface area contributed by atoms with Crippen LogP contribution in [0, 0.1) is 5.92 Å². The van der Waals surface area contributed by atoms with Crippen molar-refractivity contribution in [3.05, 3.63) is 24.0 Å². The third-order valence-electron chi connectivity index (χ3n) is 3.45.